The highest BCUT2D eigenvalue weighted by molar-refractivity contribution is 5.86. The maximum Gasteiger partial charge on any atom is 0.237 e. The molecule has 6 nitrogen and oxygen atoms in total. The number of halogens is 2. The highest BCUT2D eigenvalue weighted by Crippen LogP contribution is 2.18. The van der Waals surface area contributed by atoms with Gasteiger partial charge in [0.05, 0.1) is 12.6 Å². The molecule has 1 aromatic carbocycles. The number of ether oxygens (including phenoxy) is 1. The quantitative estimate of drug-likeness (QED) is 0.606. The van der Waals surface area contributed by atoms with E-state index in [2.05, 4.69) is 15.2 Å². The first-order chi connectivity index (χ1) is 11.1. The van der Waals surface area contributed by atoms with Gasteiger partial charge >= 0.3 is 0 Å². The van der Waals surface area contributed by atoms with E-state index in [9.17, 15) is 4.79 Å². The summed E-state index contributed by atoms with van der Waals surface area (Å²) in [5.74, 6) is -0.115. The lowest BCUT2D eigenvalue weighted by molar-refractivity contribution is -0.122. The van der Waals surface area contributed by atoms with Crippen molar-refractivity contribution in [3.63, 3.8) is 0 Å². The molecule has 1 atom stereocenters. The number of hydrogen-bond acceptors (Lipinski definition) is 4. The van der Waals surface area contributed by atoms with Crippen molar-refractivity contribution in [2.75, 3.05) is 40.4 Å². The van der Waals surface area contributed by atoms with E-state index < -0.39 is 6.04 Å². The van der Waals surface area contributed by atoms with Crippen LogP contribution in [0.3, 0.4) is 0 Å². The summed E-state index contributed by atoms with van der Waals surface area (Å²) < 4.78 is 5.02. The van der Waals surface area contributed by atoms with Gasteiger partial charge in [-0.15, -0.1) is 24.8 Å². The summed E-state index contributed by atoms with van der Waals surface area (Å²) in [6, 6.07) is 7.48. The molecular weight excluding hydrogens is 363 g/mol. The number of fused-ring (bicyclic) bond motifs is 1. The molecule has 1 amide bonds. The van der Waals surface area contributed by atoms with Gasteiger partial charge in [0.1, 0.15) is 0 Å². The molecule has 4 N–H and O–H groups in total. The first kappa shape index (κ1) is 23.7. The van der Waals surface area contributed by atoms with Crippen molar-refractivity contribution in [2.24, 2.45) is 5.73 Å². The summed E-state index contributed by atoms with van der Waals surface area (Å²) in [5.41, 5.74) is 8.17. The number of carbonyl (C=O) groups excluding carboxylic acids is 1. The molecule has 0 unspecified atom stereocenters. The Morgan fingerprint density at radius 1 is 1.32 bits per heavy atom. The van der Waals surface area contributed by atoms with Crippen molar-refractivity contribution in [2.45, 2.75) is 12.5 Å². The maximum absolute atomic E-state index is 12.1. The molecule has 0 aliphatic rings. The van der Waals surface area contributed by atoms with Gasteiger partial charge in [-0.2, -0.15) is 0 Å². The second-order valence-electron chi connectivity index (χ2n) is 5.76. The van der Waals surface area contributed by atoms with Crippen molar-refractivity contribution in [1.82, 2.24) is 15.2 Å². The summed E-state index contributed by atoms with van der Waals surface area (Å²) in [7, 11) is 3.68. The van der Waals surface area contributed by atoms with Gasteiger partial charge in [-0.05, 0) is 25.1 Å². The number of methoxy groups -OCH3 is 1. The number of hydrogen-bond donors (Lipinski definition) is 3. The van der Waals surface area contributed by atoms with Crippen LogP contribution in [0.1, 0.15) is 5.56 Å². The number of carbonyl (C=O) groups is 1. The van der Waals surface area contributed by atoms with Gasteiger partial charge in [0.2, 0.25) is 5.91 Å². The van der Waals surface area contributed by atoms with Crippen LogP contribution in [0, 0.1) is 0 Å². The predicted molar refractivity (Wildman–Crippen MR) is 107 cm³/mol. The zero-order chi connectivity index (χ0) is 16.7. The van der Waals surface area contributed by atoms with Crippen molar-refractivity contribution >= 4 is 41.6 Å². The normalized spacial score (nSPS) is 11.7. The monoisotopic (exact) mass is 390 g/mol. The first-order valence-corrected chi connectivity index (χ1v) is 7.87. The summed E-state index contributed by atoms with van der Waals surface area (Å²) in [6.07, 6.45) is 2.45. The third-order valence-corrected chi connectivity index (χ3v) is 3.92. The molecule has 8 heteroatoms. The van der Waals surface area contributed by atoms with Gasteiger partial charge in [0, 0.05) is 43.8 Å². The van der Waals surface area contributed by atoms with Crippen LogP contribution in [0.4, 0.5) is 0 Å². The lowest BCUT2D eigenvalue weighted by Gasteiger charge is -2.17. The molecule has 25 heavy (non-hydrogen) atoms. The fourth-order valence-electron chi connectivity index (χ4n) is 2.49. The van der Waals surface area contributed by atoms with Crippen molar-refractivity contribution in [3.05, 3.63) is 36.0 Å². The summed E-state index contributed by atoms with van der Waals surface area (Å²) in [5, 5.41) is 4.01. The second kappa shape index (κ2) is 12.1. The van der Waals surface area contributed by atoms with E-state index in [1.54, 1.807) is 7.11 Å². The average molecular weight is 391 g/mol. The van der Waals surface area contributed by atoms with E-state index in [0.29, 0.717) is 19.6 Å². The van der Waals surface area contributed by atoms with Crippen molar-refractivity contribution in [1.29, 1.82) is 0 Å². The minimum atomic E-state index is -0.543. The van der Waals surface area contributed by atoms with Crippen molar-refractivity contribution in [3.8, 4) is 0 Å². The minimum absolute atomic E-state index is 0. The summed E-state index contributed by atoms with van der Waals surface area (Å²) in [4.78, 5) is 17.4. The van der Waals surface area contributed by atoms with Crippen LogP contribution in [-0.4, -0.2) is 62.2 Å². The van der Waals surface area contributed by atoms with Crippen LogP contribution in [-0.2, 0) is 16.0 Å². The molecular formula is C17H28Cl2N4O2. The Bertz CT molecular complexity index is 636. The molecule has 142 valence electrons. The Labute approximate surface area is 161 Å². The second-order valence-corrected chi connectivity index (χ2v) is 5.76. The highest BCUT2D eigenvalue weighted by atomic mass is 35.5. The molecule has 0 saturated carbocycles. The molecule has 0 aliphatic heterocycles. The Kier molecular flexibility index (Phi) is 11.5. The molecule has 2 aromatic rings. The van der Waals surface area contributed by atoms with Crippen LogP contribution in [0.5, 0.6) is 0 Å². The summed E-state index contributed by atoms with van der Waals surface area (Å²) >= 11 is 0. The van der Waals surface area contributed by atoms with Gasteiger partial charge in [-0.25, -0.2) is 0 Å². The number of nitrogens with one attached hydrogen (secondary N) is 2. The van der Waals surface area contributed by atoms with Gasteiger partial charge in [0.15, 0.2) is 0 Å². The molecule has 2 rings (SSSR count). The third kappa shape index (κ3) is 7.22. The Hall–Kier alpha value is -1.31. The summed E-state index contributed by atoms with van der Waals surface area (Å²) in [6.45, 7) is 2.88. The topological polar surface area (TPSA) is 83.4 Å². The molecule has 0 radical (unpaired) electrons. The average Bonchev–Trinajstić information content (AvgIpc) is 2.96. The lowest BCUT2D eigenvalue weighted by atomic mass is 10.1. The van der Waals surface area contributed by atoms with Crippen LogP contribution < -0.4 is 11.1 Å². The Morgan fingerprint density at radius 3 is 2.76 bits per heavy atom. The molecule has 0 bridgehead atoms. The number of H-pyrrole nitrogens is 1. The lowest BCUT2D eigenvalue weighted by Crippen LogP contribution is -2.44. The Morgan fingerprint density at radius 2 is 2.04 bits per heavy atom. The number of aromatic amines is 1. The molecule has 1 heterocycles. The number of para-hydroxylation sites is 1. The molecule has 0 spiro atoms. The zero-order valence-corrected chi connectivity index (χ0v) is 16.3. The van der Waals surface area contributed by atoms with Gasteiger partial charge in [0.25, 0.3) is 0 Å². The smallest absolute Gasteiger partial charge is 0.237 e. The van der Waals surface area contributed by atoms with E-state index in [4.69, 9.17) is 10.5 Å². The standard InChI is InChI=1S/C17H26N4O2.2ClH/c1-21(9-10-23-2)8-7-19-17(22)15(18)11-13-12-20-16-6-4-3-5-14(13)16;;/h3-6,12,15,20H,7-11,18H2,1-2H3,(H,19,22);2*1H/t15-;;/m0../s1. The Balaban J connectivity index is 0.00000288. The number of nitrogens with zero attached hydrogens (tertiary/aromatic N) is 1. The van der Waals surface area contributed by atoms with Crippen LogP contribution in [0.2, 0.25) is 0 Å². The SMILES string of the molecule is COCCN(C)CCNC(=O)[C@@H](N)Cc1c[nH]c2ccccc12.Cl.Cl. The third-order valence-electron chi connectivity index (χ3n) is 3.92. The van der Waals surface area contributed by atoms with Crippen LogP contribution in [0.15, 0.2) is 30.5 Å². The van der Waals surface area contributed by atoms with Gasteiger partial charge in [-0.1, -0.05) is 18.2 Å². The van der Waals surface area contributed by atoms with E-state index in [1.807, 2.05) is 37.5 Å². The van der Waals surface area contributed by atoms with Crippen LogP contribution >= 0.6 is 24.8 Å². The fraction of sp³-hybridized carbons (Fsp3) is 0.471. The highest BCUT2D eigenvalue weighted by Gasteiger charge is 2.15. The fourth-order valence-corrected chi connectivity index (χ4v) is 2.49. The van der Waals surface area contributed by atoms with E-state index in [0.717, 1.165) is 29.6 Å². The first-order valence-electron chi connectivity index (χ1n) is 7.87. The number of benzene rings is 1. The molecule has 0 fully saturated rings. The molecule has 0 saturated heterocycles. The number of likely N-dealkylation sites (N-methyl/N-ethyl adjacent to an activating group) is 1. The largest absolute Gasteiger partial charge is 0.383 e. The van der Waals surface area contributed by atoms with E-state index in [-0.39, 0.29) is 30.7 Å². The van der Waals surface area contributed by atoms with E-state index in [1.165, 1.54) is 0 Å². The zero-order valence-electron chi connectivity index (χ0n) is 14.7. The minimum Gasteiger partial charge on any atom is -0.383 e. The molecule has 0 aliphatic carbocycles. The maximum atomic E-state index is 12.1. The molecule has 1 aromatic heterocycles. The van der Waals surface area contributed by atoms with Gasteiger partial charge < -0.3 is 25.7 Å². The van der Waals surface area contributed by atoms with Gasteiger partial charge in [-0.3, -0.25) is 4.79 Å². The van der Waals surface area contributed by atoms with Crippen molar-refractivity contribution < 1.29 is 9.53 Å². The van der Waals surface area contributed by atoms with Crippen LogP contribution in [0.25, 0.3) is 10.9 Å². The number of amides is 1. The number of aromatic nitrogens is 1. The van der Waals surface area contributed by atoms with E-state index >= 15 is 0 Å². The number of nitrogens with two attached hydrogens (primary N) is 1. The predicted octanol–water partition coefficient (Wildman–Crippen LogP) is 1.58. The number of rotatable bonds is 9.